The first kappa shape index (κ1) is 17.1. The molecule has 1 aliphatic carbocycles. The highest BCUT2D eigenvalue weighted by atomic mass is 32.1. The molecule has 2 aromatic heterocycles. The number of fused-ring (bicyclic) bond motifs is 3. The van der Waals surface area contributed by atoms with Crippen molar-refractivity contribution in [3.8, 4) is 0 Å². The summed E-state index contributed by atoms with van der Waals surface area (Å²) in [6.45, 7) is 6.56. The summed E-state index contributed by atoms with van der Waals surface area (Å²) in [5, 5.41) is 2.97. The second-order valence-corrected chi connectivity index (χ2v) is 8.15. The van der Waals surface area contributed by atoms with Crippen LogP contribution in [0.5, 0.6) is 0 Å². The predicted octanol–water partition coefficient (Wildman–Crippen LogP) is 2.65. The molecular weight excluding hydrogens is 336 g/mol. The van der Waals surface area contributed by atoms with Crippen molar-refractivity contribution in [1.29, 1.82) is 0 Å². The monoisotopic (exact) mass is 362 g/mol. The van der Waals surface area contributed by atoms with Crippen molar-refractivity contribution in [3.63, 3.8) is 0 Å². The molecule has 7 heteroatoms. The number of ether oxygens (including phenoxy) is 1. The number of hydroxylamine groups is 1. The summed E-state index contributed by atoms with van der Waals surface area (Å²) < 4.78 is 5.44. The Morgan fingerprint density at radius 1 is 1.32 bits per heavy atom. The van der Waals surface area contributed by atoms with Crippen molar-refractivity contribution in [2.75, 3.05) is 45.5 Å². The molecule has 1 fully saturated rings. The Balaban J connectivity index is 1.75. The molecule has 0 amide bonds. The van der Waals surface area contributed by atoms with E-state index >= 15 is 0 Å². The van der Waals surface area contributed by atoms with Crippen LogP contribution in [0.3, 0.4) is 0 Å². The van der Waals surface area contributed by atoms with Gasteiger partial charge in [0.2, 0.25) is 0 Å². The number of thiophene rings is 1. The van der Waals surface area contributed by atoms with Crippen LogP contribution in [0.4, 0.5) is 5.82 Å². The minimum absolute atomic E-state index is 0.755. The molecule has 0 spiro atoms. The quantitative estimate of drug-likeness (QED) is 0.780. The molecular formula is C18H26N4O2S. The van der Waals surface area contributed by atoms with Crippen LogP contribution >= 0.6 is 11.3 Å². The Labute approximate surface area is 152 Å². The lowest BCUT2D eigenvalue weighted by Crippen LogP contribution is -2.36. The molecule has 0 aromatic carbocycles. The van der Waals surface area contributed by atoms with E-state index in [-0.39, 0.29) is 0 Å². The molecule has 25 heavy (non-hydrogen) atoms. The van der Waals surface area contributed by atoms with Crippen LogP contribution in [0, 0.1) is 5.92 Å². The number of morpholine rings is 1. The lowest BCUT2D eigenvalue weighted by atomic mass is 9.89. The fourth-order valence-corrected chi connectivity index (χ4v) is 5.11. The van der Waals surface area contributed by atoms with Gasteiger partial charge in [-0.15, -0.1) is 11.3 Å². The van der Waals surface area contributed by atoms with Crippen LogP contribution in [0.25, 0.3) is 10.2 Å². The summed E-state index contributed by atoms with van der Waals surface area (Å²) >= 11 is 1.85. The van der Waals surface area contributed by atoms with Crippen molar-refractivity contribution in [3.05, 3.63) is 16.3 Å². The lowest BCUT2D eigenvalue weighted by molar-refractivity contribution is 0.0331. The van der Waals surface area contributed by atoms with Gasteiger partial charge in [0.15, 0.2) is 5.82 Å². The zero-order chi connectivity index (χ0) is 17.4. The van der Waals surface area contributed by atoms with E-state index < -0.39 is 0 Å². The van der Waals surface area contributed by atoms with Gasteiger partial charge in [-0.05, 0) is 30.7 Å². The Kier molecular flexibility index (Phi) is 4.90. The maximum Gasteiger partial charge on any atom is 0.164 e. The molecule has 2 aromatic rings. The molecule has 0 N–H and O–H groups in total. The summed E-state index contributed by atoms with van der Waals surface area (Å²) in [4.78, 5) is 20.2. The van der Waals surface area contributed by atoms with Crippen LogP contribution in [0.15, 0.2) is 0 Å². The van der Waals surface area contributed by atoms with E-state index in [1.807, 2.05) is 18.4 Å². The molecule has 3 heterocycles. The van der Waals surface area contributed by atoms with Gasteiger partial charge in [0.1, 0.15) is 10.7 Å². The van der Waals surface area contributed by atoms with Gasteiger partial charge < -0.3 is 4.74 Å². The average Bonchev–Trinajstić information content (AvgIpc) is 2.98. The Bertz CT molecular complexity index is 757. The molecule has 0 saturated carbocycles. The number of hydrogen-bond acceptors (Lipinski definition) is 7. The average molecular weight is 362 g/mol. The number of anilines is 1. The minimum Gasteiger partial charge on any atom is -0.379 e. The van der Waals surface area contributed by atoms with Crippen molar-refractivity contribution in [2.45, 2.75) is 32.7 Å². The van der Waals surface area contributed by atoms with Gasteiger partial charge in [0.05, 0.1) is 32.3 Å². The molecule has 0 bridgehead atoms. The molecule has 6 nitrogen and oxygen atoms in total. The zero-order valence-electron chi connectivity index (χ0n) is 15.2. The molecule has 1 atom stereocenters. The van der Waals surface area contributed by atoms with Crippen LogP contribution in [0.1, 0.15) is 29.6 Å². The second-order valence-electron chi connectivity index (χ2n) is 7.06. The van der Waals surface area contributed by atoms with Crippen molar-refractivity contribution in [2.24, 2.45) is 5.92 Å². The first-order valence-corrected chi connectivity index (χ1v) is 9.86. The highest BCUT2D eigenvalue weighted by Crippen LogP contribution is 2.40. The first-order chi connectivity index (χ1) is 12.2. The molecule has 1 saturated heterocycles. The lowest BCUT2D eigenvalue weighted by Gasteiger charge is -2.26. The maximum absolute atomic E-state index is 5.48. The molecule has 136 valence electrons. The van der Waals surface area contributed by atoms with Gasteiger partial charge in [0.25, 0.3) is 0 Å². The predicted molar refractivity (Wildman–Crippen MR) is 100 cm³/mol. The second kappa shape index (κ2) is 7.15. The van der Waals surface area contributed by atoms with Gasteiger partial charge in [0, 0.05) is 25.0 Å². The molecule has 1 aliphatic heterocycles. The summed E-state index contributed by atoms with van der Waals surface area (Å²) in [6.07, 6.45) is 3.52. The van der Waals surface area contributed by atoms with Crippen LogP contribution < -0.4 is 5.06 Å². The number of rotatable bonds is 4. The summed E-state index contributed by atoms with van der Waals surface area (Å²) in [7, 11) is 3.62. The summed E-state index contributed by atoms with van der Waals surface area (Å²) in [6, 6.07) is 0. The Morgan fingerprint density at radius 2 is 2.12 bits per heavy atom. The fourth-order valence-electron chi connectivity index (χ4n) is 3.71. The third-order valence-electron chi connectivity index (χ3n) is 5.22. The van der Waals surface area contributed by atoms with Crippen molar-refractivity contribution in [1.82, 2.24) is 14.9 Å². The largest absolute Gasteiger partial charge is 0.379 e. The molecule has 0 unspecified atom stereocenters. The summed E-state index contributed by atoms with van der Waals surface area (Å²) in [5.41, 5.74) is 1.44. The van der Waals surface area contributed by atoms with Gasteiger partial charge in [-0.3, -0.25) is 9.74 Å². The molecule has 2 aliphatic rings. The zero-order valence-corrected chi connectivity index (χ0v) is 16.1. The fraction of sp³-hybridized carbons (Fsp3) is 0.667. The minimum atomic E-state index is 0.755. The third-order valence-corrected chi connectivity index (χ3v) is 6.37. The van der Waals surface area contributed by atoms with E-state index in [9.17, 15) is 0 Å². The smallest absolute Gasteiger partial charge is 0.164 e. The number of aromatic nitrogens is 2. The Morgan fingerprint density at radius 3 is 2.88 bits per heavy atom. The van der Waals surface area contributed by atoms with Gasteiger partial charge >= 0.3 is 0 Å². The van der Waals surface area contributed by atoms with Crippen LogP contribution in [-0.2, 0) is 29.0 Å². The van der Waals surface area contributed by atoms with E-state index in [2.05, 4.69) is 11.8 Å². The van der Waals surface area contributed by atoms with E-state index in [4.69, 9.17) is 19.5 Å². The van der Waals surface area contributed by atoms with Gasteiger partial charge in [-0.25, -0.2) is 15.0 Å². The SMILES string of the molecule is CON(C)c1nc(CN2CCOCC2)nc2sc3c(c12)CC[C@@H](C)C3. The van der Waals surface area contributed by atoms with Crippen LogP contribution in [0.2, 0.25) is 0 Å². The van der Waals surface area contributed by atoms with E-state index in [1.165, 1.54) is 22.2 Å². The number of hydrogen-bond donors (Lipinski definition) is 0. The normalized spacial score (nSPS) is 21.5. The highest BCUT2D eigenvalue weighted by molar-refractivity contribution is 7.19. The van der Waals surface area contributed by atoms with Gasteiger partial charge in [-0.2, -0.15) is 0 Å². The van der Waals surface area contributed by atoms with E-state index in [0.29, 0.717) is 0 Å². The standard InChI is InChI=1S/C18H26N4O2S/c1-12-4-5-13-14(10-12)25-18-16(13)17(21(2)23-3)19-15(20-18)11-22-6-8-24-9-7-22/h12H,4-11H2,1-3H3/t12-/m1/s1. The topological polar surface area (TPSA) is 50.7 Å². The Hall–Kier alpha value is -1.28. The van der Waals surface area contributed by atoms with E-state index in [1.54, 1.807) is 12.2 Å². The van der Waals surface area contributed by atoms with Crippen molar-refractivity contribution >= 4 is 27.4 Å². The van der Waals surface area contributed by atoms with Crippen LogP contribution in [-0.4, -0.2) is 55.3 Å². The van der Waals surface area contributed by atoms with Gasteiger partial charge in [-0.1, -0.05) is 6.92 Å². The number of aryl methyl sites for hydroxylation is 1. The molecule has 0 radical (unpaired) electrons. The maximum atomic E-state index is 5.48. The molecule has 4 rings (SSSR count). The third kappa shape index (κ3) is 3.38. The number of nitrogens with zero attached hydrogens (tertiary/aromatic N) is 4. The van der Waals surface area contributed by atoms with Crippen molar-refractivity contribution < 1.29 is 9.57 Å². The van der Waals surface area contributed by atoms with E-state index in [0.717, 1.165) is 68.1 Å². The highest BCUT2D eigenvalue weighted by Gasteiger charge is 2.25. The first-order valence-electron chi connectivity index (χ1n) is 9.04. The summed E-state index contributed by atoms with van der Waals surface area (Å²) in [5.74, 6) is 2.53.